The highest BCUT2D eigenvalue weighted by Crippen LogP contribution is 2.39. The summed E-state index contributed by atoms with van der Waals surface area (Å²) in [5.41, 5.74) is 4.49. The summed E-state index contributed by atoms with van der Waals surface area (Å²) in [7, 11) is -4.17. The fourth-order valence-electron chi connectivity index (χ4n) is 2.81. The van der Waals surface area contributed by atoms with Gasteiger partial charge < -0.3 is 15.9 Å². The zero-order chi connectivity index (χ0) is 19.0. The Morgan fingerprint density at radius 2 is 1.92 bits per heavy atom. The van der Waals surface area contributed by atoms with Crippen LogP contribution in [0.5, 0.6) is 0 Å². The lowest BCUT2D eigenvalue weighted by molar-refractivity contribution is -0.145. The molecule has 1 aliphatic carbocycles. The van der Waals surface area contributed by atoms with Gasteiger partial charge in [-0.25, -0.2) is 18.4 Å². The molecule has 134 valence electrons. The van der Waals surface area contributed by atoms with Crippen molar-refractivity contribution in [1.82, 2.24) is 0 Å². The van der Waals surface area contributed by atoms with Gasteiger partial charge in [0.05, 0.1) is 10.3 Å². The first-order valence-corrected chi connectivity index (χ1v) is 8.79. The van der Waals surface area contributed by atoms with Gasteiger partial charge in [0, 0.05) is 17.7 Å². The van der Waals surface area contributed by atoms with E-state index in [2.05, 4.69) is 0 Å². The molecule has 2 rings (SSSR count). The van der Waals surface area contributed by atoms with Crippen molar-refractivity contribution in [3.8, 4) is 0 Å². The number of hydrogen-bond donors (Lipinski definition) is 4. The van der Waals surface area contributed by atoms with Crippen LogP contribution >= 0.6 is 0 Å². The normalized spacial score (nSPS) is 20.6. The molecule has 0 saturated heterocycles. The van der Waals surface area contributed by atoms with E-state index in [0.29, 0.717) is 0 Å². The minimum Gasteiger partial charge on any atom is -0.481 e. The Balaban J connectivity index is 2.82. The lowest BCUT2D eigenvalue weighted by Gasteiger charge is -2.27. The molecule has 0 aliphatic heterocycles. The third kappa shape index (κ3) is 3.63. The number of primary sulfonamides is 1. The Hall–Kier alpha value is -2.49. The summed E-state index contributed by atoms with van der Waals surface area (Å²) in [5.74, 6) is -2.49. The lowest BCUT2D eigenvalue weighted by atomic mass is 9.76. The smallest absolute Gasteiger partial charge is 0.331 e. The van der Waals surface area contributed by atoms with Crippen LogP contribution in [0.2, 0.25) is 0 Å². The Kier molecular flexibility index (Phi) is 4.85. The first-order chi connectivity index (χ1) is 11.5. The molecule has 9 heteroatoms. The van der Waals surface area contributed by atoms with Crippen molar-refractivity contribution in [2.45, 2.75) is 24.8 Å². The van der Waals surface area contributed by atoms with E-state index in [9.17, 15) is 28.2 Å². The zero-order valence-corrected chi connectivity index (χ0v) is 14.2. The molecule has 25 heavy (non-hydrogen) atoms. The number of benzene rings is 1. The molecular weight excluding hydrogens is 348 g/mol. The van der Waals surface area contributed by atoms with E-state index in [-0.39, 0.29) is 40.1 Å². The van der Waals surface area contributed by atoms with Crippen molar-refractivity contribution in [3.05, 3.63) is 47.1 Å². The third-order valence-electron chi connectivity index (χ3n) is 4.04. The monoisotopic (exact) mass is 366 g/mol. The number of aliphatic carboxylic acids is 2. The summed E-state index contributed by atoms with van der Waals surface area (Å²) in [5, 5.41) is 24.1. The first kappa shape index (κ1) is 18.8. The molecule has 6 N–H and O–H groups in total. The van der Waals surface area contributed by atoms with Crippen molar-refractivity contribution in [2.24, 2.45) is 16.3 Å². The molecule has 0 spiro atoms. The number of carboxylic acid groups (broad SMARTS) is 2. The number of allylic oxidation sites excluding steroid dienone is 2. The number of carbonyl (C=O) groups is 2. The SMILES string of the molecule is CC1(C(=O)O)C=C(c2cccc(CN)c2S(N)(=O)=O)C=C(C(=O)O)C1. The number of sulfonamides is 1. The maximum Gasteiger partial charge on any atom is 0.331 e. The molecular formula is C16H18N2O6S. The molecule has 1 aromatic rings. The van der Waals surface area contributed by atoms with Crippen LogP contribution in [0.4, 0.5) is 0 Å². The number of hydrogen-bond acceptors (Lipinski definition) is 5. The second-order valence-electron chi connectivity index (χ2n) is 6.02. The van der Waals surface area contributed by atoms with Crippen LogP contribution < -0.4 is 10.9 Å². The molecule has 0 fully saturated rings. The highest BCUT2D eigenvalue weighted by atomic mass is 32.2. The van der Waals surface area contributed by atoms with E-state index in [1.807, 2.05) is 0 Å². The second-order valence-corrected chi connectivity index (χ2v) is 7.52. The van der Waals surface area contributed by atoms with E-state index in [1.54, 1.807) is 6.07 Å². The Labute approximate surface area is 144 Å². The quantitative estimate of drug-likeness (QED) is 0.596. The molecule has 0 bridgehead atoms. The van der Waals surface area contributed by atoms with Crippen molar-refractivity contribution >= 4 is 27.5 Å². The highest BCUT2D eigenvalue weighted by Gasteiger charge is 2.37. The van der Waals surface area contributed by atoms with Gasteiger partial charge in [0.15, 0.2) is 0 Å². The first-order valence-electron chi connectivity index (χ1n) is 7.25. The van der Waals surface area contributed by atoms with Gasteiger partial charge >= 0.3 is 11.9 Å². The molecule has 8 nitrogen and oxygen atoms in total. The fourth-order valence-corrected chi connectivity index (χ4v) is 3.82. The average Bonchev–Trinajstić information content (AvgIpc) is 2.52. The predicted octanol–water partition coefficient (Wildman–Crippen LogP) is 0.682. The van der Waals surface area contributed by atoms with E-state index < -0.39 is 27.4 Å². The number of nitrogens with two attached hydrogens (primary N) is 2. The summed E-state index contributed by atoms with van der Waals surface area (Å²) >= 11 is 0. The Bertz CT molecular complexity index is 917. The van der Waals surface area contributed by atoms with Crippen LogP contribution in [0.3, 0.4) is 0 Å². The van der Waals surface area contributed by atoms with Gasteiger partial charge in [-0.05, 0) is 30.6 Å². The zero-order valence-electron chi connectivity index (χ0n) is 13.4. The van der Waals surface area contributed by atoms with E-state index in [1.165, 1.54) is 31.2 Å². The summed E-state index contributed by atoms with van der Waals surface area (Å²) in [6.07, 6.45) is 2.38. The number of rotatable bonds is 5. The van der Waals surface area contributed by atoms with Crippen molar-refractivity contribution in [3.63, 3.8) is 0 Å². The maximum absolute atomic E-state index is 12.0. The standard InChI is InChI=1S/C16H18N2O6S/c1-16(15(21)22)6-10(5-11(7-16)14(19)20)12-4-2-3-9(8-17)13(12)25(18,23)24/h2-6H,7-8,17H2,1H3,(H,19,20)(H,21,22)(H2,18,23,24). The van der Waals surface area contributed by atoms with Gasteiger partial charge in [0.25, 0.3) is 0 Å². The Morgan fingerprint density at radius 1 is 1.28 bits per heavy atom. The predicted molar refractivity (Wildman–Crippen MR) is 89.8 cm³/mol. The maximum atomic E-state index is 12.0. The molecule has 0 radical (unpaired) electrons. The molecule has 0 aromatic heterocycles. The minimum atomic E-state index is -4.17. The number of carboxylic acids is 2. The summed E-state index contributed by atoms with van der Waals surface area (Å²) < 4.78 is 24.1. The molecule has 0 amide bonds. The molecule has 0 heterocycles. The van der Waals surface area contributed by atoms with E-state index >= 15 is 0 Å². The fraction of sp³-hybridized carbons (Fsp3) is 0.250. The van der Waals surface area contributed by atoms with Gasteiger partial charge in [0.1, 0.15) is 0 Å². The van der Waals surface area contributed by atoms with Crippen LogP contribution in [0.15, 0.2) is 40.8 Å². The van der Waals surface area contributed by atoms with Crippen LogP contribution in [0.1, 0.15) is 24.5 Å². The molecule has 1 atom stereocenters. The molecule has 1 aliphatic rings. The molecule has 1 unspecified atom stereocenters. The van der Waals surface area contributed by atoms with E-state index in [0.717, 1.165) is 0 Å². The van der Waals surface area contributed by atoms with Gasteiger partial charge in [-0.2, -0.15) is 0 Å². The summed E-state index contributed by atoms with van der Waals surface area (Å²) in [6.45, 7) is 1.27. The average molecular weight is 366 g/mol. The van der Waals surface area contributed by atoms with Gasteiger partial charge in [-0.3, -0.25) is 4.79 Å². The van der Waals surface area contributed by atoms with Gasteiger partial charge in [-0.15, -0.1) is 0 Å². The lowest BCUT2D eigenvalue weighted by Crippen LogP contribution is -2.30. The van der Waals surface area contributed by atoms with Gasteiger partial charge in [-0.1, -0.05) is 24.3 Å². The van der Waals surface area contributed by atoms with E-state index in [4.69, 9.17) is 10.9 Å². The largest absolute Gasteiger partial charge is 0.481 e. The highest BCUT2D eigenvalue weighted by molar-refractivity contribution is 7.89. The van der Waals surface area contributed by atoms with Crippen molar-refractivity contribution < 1.29 is 28.2 Å². The summed E-state index contributed by atoms with van der Waals surface area (Å²) in [6, 6.07) is 4.48. The summed E-state index contributed by atoms with van der Waals surface area (Å²) in [4.78, 5) is 22.8. The topological polar surface area (TPSA) is 161 Å². The molecule has 1 aromatic carbocycles. The van der Waals surface area contributed by atoms with Crippen LogP contribution in [0, 0.1) is 5.41 Å². The van der Waals surface area contributed by atoms with Crippen LogP contribution in [0.25, 0.3) is 5.57 Å². The van der Waals surface area contributed by atoms with Crippen molar-refractivity contribution in [1.29, 1.82) is 0 Å². The van der Waals surface area contributed by atoms with Crippen LogP contribution in [-0.2, 0) is 26.2 Å². The van der Waals surface area contributed by atoms with Gasteiger partial charge in [0.2, 0.25) is 10.0 Å². The minimum absolute atomic E-state index is 0.0986. The van der Waals surface area contributed by atoms with Crippen molar-refractivity contribution in [2.75, 3.05) is 0 Å². The molecule has 0 saturated carbocycles. The Morgan fingerprint density at radius 3 is 2.40 bits per heavy atom. The second kappa shape index (κ2) is 6.43. The third-order valence-corrected chi connectivity index (χ3v) is 5.09. The van der Waals surface area contributed by atoms with Crippen LogP contribution in [-0.4, -0.2) is 30.6 Å².